The van der Waals surface area contributed by atoms with Gasteiger partial charge in [0.1, 0.15) is 11.6 Å². The first-order chi connectivity index (χ1) is 16.0. The Labute approximate surface area is 202 Å². The first-order valence-corrected chi connectivity index (χ1v) is 12.5. The smallest absolute Gasteiger partial charge is 0.249 e. The van der Waals surface area contributed by atoms with E-state index in [-0.39, 0.29) is 24.3 Å². The molecule has 0 aromatic heterocycles. The lowest BCUT2D eigenvalue weighted by Gasteiger charge is -2.41. The average molecular weight is 474 g/mol. The van der Waals surface area contributed by atoms with Gasteiger partial charge >= 0.3 is 0 Å². The van der Waals surface area contributed by atoms with Gasteiger partial charge in [-0.3, -0.25) is 14.4 Å². The van der Waals surface area contributed by atoms with Crippen molar-refractivity contribution in [3.63, 3.8) is 0 Å². The highest BCUT2D eigenvalue weighted by molar-refractivity contribution is 6.00. The van der Waals surface area contributed by atoms with Crippen LogP contribution in [0.2, 0.25) is 0 Å². The van der Waals surface area contributed by atoms with E-state index in [1.165, 1.54) is 0 Å². The van der Waals surface area contributed by atoms with Crippen LogP contribution in [0.5, 0.6) is 0 Å². The Morgan fingerprint density at radius 1 is 0.971 bits per heavy atom. The van der Waals surface area contributed by atoms with Crippen molar-refractivity contribution in [1.82, 2.24) is 14.7 Å². The topological polar surface area (TPSA) is 90.4 Å². The van der Waals surface area contributed by atoms with E-state index in [1.807, 2.05) is 52.0 Å². The minimum Gasteiger partial charge on any atom is -0.396 e. The third kappa shape index (κ3) is 3.79. The van der Waals surface area contributed by atoms with E-state index in [2.05, 4.69) is 0 Å². The van der Waals surface area contributed by atoms with Crippen LogP contribution in [0.25, 0.3) is 0 Å². The molecule has 4 rings (SSSR count). The van der Waals surface area contributed by atoms with Gasteiger partial charge in [0, 0.05) is 38.8 Å². The van der Waals surface area contributed by atoms with Crippen LogP contribution in [0.3, 0.4) is 0 Å². The summed E-state index contributed by atoms with van der Waals surface area (Å²) in [5, 5.41) is 9.08. The fraction of sp³-hybridized carbons (Fsp3) is 0.731. The number of unbranched alkanes of at least 4 members (excludes halogenated alkanes) is 3. The predicted octanol–water partition coefficient (Wildman–Crippen LogP) is 1.74. The van der Waals surface area contributed by atoms with Crippen molar-refractivity contribution in [3.8, 4) is 0 Å². The molecule has 0 aromatic rings. The van der Waals surface area contributed by atoms with Crippen molar-refractivity contribution in [2.24, 2.45) is 11.8 Å². The summed E-state index contributed by atoms with van der Waals surface area (Å²) in [7, 11) is 1.74. The second-order valence-electron chi connectivity index (χ2n) is 11.3. The number of rotatable bonds is 6. The number of hydrogen-bond acceptors (Lipinski definition) is 5. The zero-order chi connectivity index (χ0) is 24.9. The lowest BCUT2D eigenvalue weighted by atomic mass is 9.74. The number of hydrogen-bond donors (Lipinski definition) is 1. The number of likely N-dealkylation sites (tertiary alicyclic amines) is 1. The highest BCUT2D eigenvalue weighted by atomic mass is 16.5. The second-order valence-corrected chi connectivity index (χ2v) is 11.3. The van der Waals surface area contributed by atoms with Gasteiger partial charge in [0.15, 0.2) is 0 Å². The third-order valence-corrected chi connectivity index (χ3v) is 7.88. The Balaban J connectivity index is 1.77. The van der Waals surface area contributed by atoms with E-state index < -0.39 is 34.6 Å². The van der Waals surface area contributed by atoms with E-state index in [0.717, 1.165) is 25.7 Å². The molecular formula is C26H39N3O5. The molecule has 0 saturated carbocycles. The zero-order valence-corrected chi connectivity index (χ0v) is 21.1. The van der Waals surface area contributed by atoms with Gasteiger partial charge in [-0.1, -0.05) is 37.1 Å². The summed E-state index contributed by atoms with van der Waals surface area (Å²) in [6.45, 7) is 9.32. The molecule has 2 fully saturated rings. The molecule has 8 nitrogen and oxygen atoms in total. The maximum Gasteiger partial charge on any atom is 0.249 e. The third-order valence-electron chi connectivity index (χ3n) is 7.88. The van der Waals surface area contributed by atoms with Gasteiger partial charge in [-0.15, -0.1) is 0 Å². The first-order valence-electron chi connectivity index (χ1n) is 12.5. The quantitative estimate of drug-likeness (QED) is 0.469. The molecule has 8 heteroatoms. The minimum atomic E-state index is -1.18. The Morgan fingerprint density at radius 2 is 1.65 bits per heavy atom. The normalized spacial score (nSPS) is 35.4. The Morgan fingerprint density at radius 3 is 2.32 bits per heavy atom. The molecular weight excluding hydrogens is 434 g/mol. The van der Waals surface area contributed by atoms with Crippen LogP contribution in [-0.4, -0.2) is 93.6 Å². The number of fused-ring (bicyclic) bond motifs is 2. The number of likely N-dealkylation sites (N-methyl/N-ethyl adjacent to an activating group) is 1. The van der Waals surface area contributed by atoms with E-state index in [9.17, 15) is 14.4 Å². The van der Waals surface area contributed by atoms with Crippen LogP contribution in [0.15, 0.2) is 24.3 Å². The zero-order valence-electron chi connectivity index (χ0n) is 21.1. The standard InChI is InChI=1S/C26H39N3O5/c1-24(2,3)29-16-11-13-26-19(18-21(31)27(5)14-10-12-25(18,4)34-26)22(32)28(20(26)23(29)33)15-8-6-7-9-17-30/h10-13,18-20,30H,6-9,14-17H2,1-5H3/t18-,19+,20?,25+,26+/m1/s1. The van der Waals surface area contributed by atoms with Crippen molar-refractivity contribution < 1.29 is 24.2 Å². The molecule has 0 aliphatic carbocycles. The van der Waals surface area contributed by atoms with Gasteiger partial charge in [0.25, 0.3) is 0 Å². The molecule has 0 bridgehead atoms. The van der Waals surface area contributed by atoms with E-state index in [1.54, 1.807) is 21.7 Å². The van der Waals surface area contributed by atoms with Crippen molar-refractivity contribution in [2.75, 3.05) is 33.3 Å². The Bertz CT molecular complexity index is 909. The number of aliphatic hydroxyl groups excluding tert-OH is 1. The van der Waals surface area contributed by atoms with Crippen molar-refractivity contribution in [2.45, 2.75) is 76.2 Å². The number of aliphatic hydroxyl groups is 1. The lowest BCUT2D eigenvalue weighted by Crippen LogP contribution is -2.59. The molecule has 188 valence electrons. The predicted molar refractivity (Wildman–Crippen MR) is 128 cm³/mol. The average Bonchev–Trinajstić information content (AvgIpc) is 3.01. The molecule has 3 amide bonds. The molecule has 1 unspecified atom stereocenters. The summed E-state index contributed by atoms with van der Waals surface area (Å²) in [6, 6.07) is -0.809. The Hall–Kier alpha value is -2.19. The maximum absolute atomic E-state index is 14.1. The van der Waals surface area contributed by atoms with Gasteiger partial charge in [-0.25, -0.2) is 0 Å². The summed E-state index contributed by atoms with van der Waals surface area (Å²) in [6.07, 6.45) is 10.8. The SMILES string of the molecule is CN1CC=C[C@]2(C)O[C@]34C=CCN(C(C)(C)C)C(=O)C3N(CCCCCCO)C(=O)[C@@H]4[C@@H]2C1=O. The molecule has 34 heavy (non-hydrogen) atoms. The van der Waals surface area contributed by atoms with Gasteiger partial charge in [0.2, 0.25) is 17.7 Å². The molecule has 1 spiro atoms. The van der Waals surface area contributed by atoms with Gasteiger partial charge < -0.3 is 24.5 Å². The van der Waals surface area contributed by atoms with Gasteiger partial charge in [-0.05, 0) is 40.5 Å². The number of carbonyl (C=O) groups excluding carboxylic acids is 3. The molecule has 5 atom stereocenters. The number of carbonyl (C=O) groups is 3. The van der Waals surface area contributed by atoms with E-state index >= 15 is 0 Å². The van der Waals surface area contributed by atoms with Crippen LogP contribution >= 0.6 is 0 Å². The monoisotopic (exact) mass is 473 g/mol. The van der Waals surface area contributed by atoms with Crippen LogP contribution in [0.4, 0.5) is 0 Å². The number of amides is 3. The second kappa shape index (κ2) is 8.79. The number of nitrogens with zero attached hydrogens (tertiary/aromatic N) is 3. The summed E-state index contributed by atoms with van der Waals surface area (Å²) in [5.74, 6) is -1.87. The van der Waals surface area contributed by atoms with E-state index in [4.69, 9.17) is 9.84 Å². The van der Waals surface area contributed by atoms with Crippen LogP contribution in [-0.2, 0) is 19.1 Å². The molecule has 2 saturated heterocycles. The minimum absolute atomic E-state index is 0.121. The van der Waals surface area contributed by atoms with Gasteiger partial charge in [-0.2, -0.15) is 0 Å². The van der Waals surface area contributed by atoms with Crippen LogP contribution < -0.4 is 0 Å². The van der Waals surface area contributed by atoms with Crippen molar-refractivity contribution in [3.05, 3.63) is 24.3 Å². The lowest BCUT2D eigenvalue weighted by molar-refractivity contribution is -0.155. The summed E-state index contributed by atoms with van der Waals surface area (Å²) in [5.41, 5.74) is -2.57. The Kier molecular flexibility index (Phi) is 6.44. The van der Waals surface area contributed by atoms with Crippen LogP contribution in [0, 0.1) is 11.8 Å². The first kappa shape index (κ1) is 24.9. The fourth-order valence-electron chi connectivity index (χ4n) is 6.23. The summed E-state index contributed by atoms with van der Waals surface area (Å²) >= 11 is 0. The van der Waals surface area contributed by atoms with Crippen LogP contribution in [0.1, 0.15) is 53.4 Å². The van der Waals surface area contributed by atoms with Crippen molar-refractivity contribution in [1.29, 1.82) is 0 Å². The summed E-state index contributed by atoms with van der Waals surface area (Å²) in [4.78, 5) is 46.8. The molecule has 4 heterocycles. The fourth-order valence-corrected chi connectivity index (χ4v) is 6.23. The molecule has 1 N–H and O–H groups in total. The van der Waals surface area contributed by atoms with Crippen molar-refractivity contribution >= 4 is 17.7 Å². The largest absolute Gasteiger partial charge is 0.396 e. The highest BCUT2D eigenvalue weighted by Crippen LogP contribution is 2.57. The summed E-state index contributed by atoms with van der Waals surface area (Å²) < 4.78 is 6.76. The molecule has 0 aromatic carbocycles. The van der Waals surface area contributed by atoms with Gasteiger partial charge in [0.05, 0.1) is 17.4 Å². The molecule has 4 aliphatic heterocycles. The molecule has 0 radical (unpaired) electrons. The van der Waals surface area contributed by atoms with E-state index in [0.29, 0.717) is 19.6 Å². The maximum atomic E-state index is 14.1. The highest BCUT2D eigenvalue weighted by Gasteiger charge is 2.74. The number of ether oxygens (including phenoxy) is 1. The molecule has 4 aliphatic rings.